The Labute approximate surface area is 136 Å². The van der Waals surface area contributed by atoms with E-state index in [0.717, 1.165) is 21.4 Å². The van der Waals surface area contributed by atoms with E-state index in [1.54, 1.807) is 28.4 Å². The zero-order valence-corrected chi connectivity index (χ0v) is 13.1. The monoisotopic (exact) mass is 329 g/mol. The molecule has 118 valence electrons. The van der Waals surface area contributed by atoms with Crippen LogP contribution in [0.3, 0.4) is 0 Å². The molecule has 0 bridgehead atoms. The third kappa shape index (κ3) is 3.09. The highest BCUT2D eigenvalue weighted by atomic mass is 32.1. The topological polar surface area (TPSA) is 74.1 Å². The van der Waals surface area contributed by atoms with Crippen LogP contribution in [0.5, 0.6) is 0 Å². The van der Waals surface area contributed by atoms with E-state index in [1.165, 1.54) is 0 Å². The molecular formula is C15H15N5O2S. The van der Waals surface area contributed by atoms with Crippen LogP contribution in [-0.2, 0) is 16.0 Å². The predicted octanol–water partition coefficient (Wildman–Crippen LogP) is 2.38. The Morgan fingerprint density at radius 3 is 2.96 bits per heavy atom. The number of aromatic nitrogens is 4. The Hall–Kier alpha value is -2.29. The van der Waals surface area contributed by atoms with Crippen molar-refractivity contribution < 1.29 is 9.47 Å². The Morgan fingerprint density at radius 2 is 2.13 bits per heavy atom. The molecule has 0 aromatic carbocycles. The van der Waals surface area contributed by atoms with Crippen LogP contribution in [0.4, 0.5) is 5.69 Å². The lowest BCUT2D eigenvalue weighted by atomic mass is 10.4. The summed E-state index contributed by atoms with van der Waals surface area (Å²) in [6.07, 6.45) is 6.89. The molecule has 0 aliphatic carbocycles. The number of anilines is 1. The minimum Gasteiger partial charge on any atom is -0.375 e. The smallest absolute Gasteiger partial charge is 0.194 e. The quantitative estimate of drug-likeness (QED) is 0.775. The molecular weight excluding hydrogens is 314 g/mol. The molecule has 23 heavy (non-hydrogen) atoms. The Morgan fingerprint density at radius 1 is 1.22 bits per heavy atom. The van der Waals surface area contributed by atoms with Crippen LogP contribution in [0.15, 0.2) is 43.0 Å². The summed E-state index contributed by atoms with van der Waals surface area (Å²) in [5, 5.41) is 8.56. The summed E-state index contributed by atoms with van der Waals surface area (Å²) < 4.78 is 12.7. The molecule has 7 nitrogen and oxygen atoms in total. The molecule has 0 atom stereocenters. The van der Waals surface area contributed by atoms with Crippen LogP contribution in [0, 0.1) is 0 Å². The standard InChI is InChI=1S/C15H15N5O2S/c1-3-11(14(16-4-1)20-6-2-5-19-20)17-10-13-18-9-12(23-13)15-21-7-8-22-15/h1-6,9,15,17H,7-8,10H2. The van der Waals surface area contributed by atoms with Crippen LogP contribution in [0.2, 0.25) is 0 Å². The fourth-order valence-electron chi connectivity index (χ4n) is 2.32. The molecule has 3 aromatic rings. The average Bonchev–Trinajstić information content (AvgIpc) is 3.35. The lowest BCUT2D eigenvalue weighted by molar-refractivity contribution is -0.0414. The summed E-state index contributed by atoms with van der Waals surface area (Å²) in [6.45, 7) is 1.88. The van der Waals surface area contributed by atoms with Gasteiger partial charge in [-0.05, 0) is 18.2 Å². The van der Waals surface area contributed by atoms with Crippen molar-refractivity contribution in [2.45, 2.75) is 12.8 Å². The molecule has 0 amide bonds. The van der Waals surface area contributed by atoms with Gasteiger partial charge in [-0.2, -0.15) is 5.10 Å². The highest BCUT2D eigenvalue weighted by molar-refractivity contribution is 7.11. The Bertz CT molecular complexity index is 768. The van der Waals surface area contributed by atoms with Crippen molar-refractivity contribution >= 4 is 17.0 Å². The van der Waals surface area contributed by atoms with Crippen LogP contribution in [-0.4, -0.2) is 33.0 Å². The minimum atomic E-state index is -0.265. The van der Waals surface area contributed by atoms with E-state index >= 15 is 0 Å². The number of hydrogen-bond donors (Lipinski definition) is 1. The maximum atomic E-state index is 5.49. The van der Waals surface area contributed by atoms with Crippen molar-refractivity contribution in [1.29, 1.82) is 0 Å². The highest BCUT2D eigenvalue weighted by Gasteiger charge is 2.20. The van der Waals surface area contributed by atoms with E-state index < -0.39 is 0 Å². The first kappa shape index (κ1) is 14.3. The minimum absolute atomic E-state index is 0.265. The maximum absolute atomic E-state index is 5.49. The first-order chi connectivity index (χ1) is 11.4. The van der Waals surface area contributed by atoms with Gasteiger partial charge in [0.25, 0.3) is 0 Å². The maximum Gasteiger partial charge on any atom is 0.194 e. The van der Waals surface area contributed by atoms with Crippen molar-refractivity contribution in [1.82, 2.24) is 19.7 Å². The molecule has 0 saturated carbocycles. The number of ether oxygens (including phenoxy) is 2. The zero-order valence-electron chi connectivity index (χ0n) is 12.3. The third-order valence-corrected chi connectivity index (χ3v) is 4.38. The fourth-order valence-corrected chi connectivity index (χ4v) is 3.18. The van der Waals surface area contributed by atoms with Gasteiger partial charge in [-0.1, -0.05) is 0 Å². The summed E-state index contributed by atoms with van der Waals surface area (Å²) in [5.74, 6) is 0.761. The summed E-state index contributed by atoms with van der Waals surface area (Å²) in [7, 11) is 0. The van der Waals surface area contributed by atoms with E-state index in [2.05, 4.69) is 20.4 Å². The number of nitrogens with one attached hydrogen (secondary N) is 1. The van der Waals surface area contributed by atoms with E-state index in [9.17, 15) is 0 Å². The average molecular weight is 329 g/mol. The fraction of sp³-hybridized carbons (Fsp3) is 0.267. The lowest BCUT2D eigenvalue weighted by Crippen LogP contribution is -2.06. The van der Waals surface area contributed by atoms with Gasteiger partial charge in [-0.25, -0.2) is 14.6 Å². The molecule has 8 heteroatoms. The highest BCUT2D eigenvalue weighted by Crippen LogP contribution is 2.28. The normalized spacial score (nSPS) is 15.1. The predicted molar refractivity (Wildman–Crippen MR) is 85.4 cm³/mol. The van der Waals surface area contributed by atoms with Crippen LogP contribution < -0.4 is 5.32 Å². The second kappa shape index (κ2) is 6.45. The second-order valence-corrected chi connectivity index (χ2v) is 6.06. The van der Waals surface area contributed by atoms with Gasteiger partial charge < -0.3 is 14.8 Å². The molecule has 0 radical (unpaired) electrons. The van der Waals surface area contributed by atoms with Crippen LogP contribution in [0.25, 0.3) is 5.82 Å². The molecule has 1 saturated heterocycles. The van der Waals surface area contributed by atoms with Crippen molar-refractivity contribution in [3.8, 4) is 5.82 Å². The second-order valence-electron chi connectivity index (χ2n) is 4.91. The third-order valence-electron chi connectivity index (χ3n) is 3.36. The molecule has 0 spiro atoms. The van der Waals surface area contributed by atoms with E-state index in [1.807, 2.05) is 30.6 Å². The van der Waals surface area contributed by atoms with Crippen molar-refractivity contribution in [3.05, 3.63) is 52.9 Å². The molecule has 4 rings (SSSR count). The van der Waals surface area contributed by atoms with Gasteiger partial charge in [0.05, 0.1) is 30.3 Å². The summed E-state index contributed by atoms with van der Waals surface area (Å²) in [6, 6.07) is 5.73. The number of pyridine rings is 1. The number of hydrogen-bond acceptors (Lipinski definition) is 7. The summed E-state index contributed by atoms with van der Waals surface area (Å²) in [4.78, 5) is 9.80. The summed E-state index contributed by atoms with van der Waals surface area (Å²) in [5.41, 5.74) is 0.904. The van der Waals surface area contributed by atoms with Crippen molar-refractivity contribution in [2.75, 3.05) is 18.5 Å². The van der Waals surface area contributed by atoms with Gasteiger partial charge in [0.2, 0.25) is 0 Å². The summed E-state index contributed by atoms with van der Waals surface area (Å²) >= 11 is 1.59. The Kier molecular flexibility index (Phi) is 4.01. The molecule has 1 fully saturated rings. The Balaban J connectivity index is 1.47. The first-order valence-electron chi connectivity index (χ1n) is 7.27. The molecule has 1 aliphatic rings. The number of rotatable bonds is 5. The van der Waals surface area contributed by atoms with E-state index in [4.69, 9.17) is 9.47 Å². The molecule has 4 heterocycles. The van der Waals surface area contributed by atoms with Gasteiger partial charge >= 0.3 is 0 Å². The molecule has 1 N–H and O–H groups in total. The molecule has 3 aromatic heterocycles. The molecule has 1 aliphatic heterocycles. The van der Waals surface area contributed by atoms with Gasteiger partial charge in [0.15, 0.2) is 12.1 Å². The number of nitrogens with zero attached hydrogens (tertiary/aromatic N) is 4. The lowest BCUT2D eigenvalue weighted by Gasteiger charge is -2.09. The van der Waals surface area contributed by atoms with E-state index in [0.29, 0.717) is 19.8 Å². The SMILES string of the molecule is c1cnc(-n2cccn2)c(NCc2ncc(C3OCCO3)s2)c1. The van der Waals surface area contributed by atoms with Gasteiger partial charge in [0, 0.05) is 24.8 Å². The van der Waals surface area contributed by atoms with Crippen molar-refractivity contribution in [2.24, 2.45) is 0 Å². The van der Waals surface area contributed by atoms with E-state index in [-0.39, 0.29) is 6.29 Å². The van der Waals surface area contributed by atoms with Gasteiger partial charge in [0.1, 0.15) is 5.01 Å². The molecule has 0 unspecified atom stereocenters. The largest absolute Gasteiger partial charge is 0.375 e. The first-order valence-corrected chi connectivity index (χ1v) is 8.08. The van der Waals surface area contributed by atoms with Gasteiger partial charge in [-0.3, -0.25) is 0 Å². The number of thiazole rings is 1. The van der Waals surface area contributed by atoms with Crippen LogP contribution in [0.1, 0.15) is 16.2 Å². The van der Waals surface area contributed by atoms with Crippen LogP contribution >= 0.6 is 11.3 Å². The van der Waals surface area contributed by atoms with Crippen molar-refractivity contribution in [3.63, 3.8) is 0 Å². The zero-order chi connectivity index (χ0) is 15.5. The van der Waals surface area contributed by atoms with Gasteiger partial charge in [-0.15, -0.1) is 11.3 Å².